The van der Waals surface area contributed by atoms with Crippen LogP contribution in [0.25, 0.3) is 0 Å². The maximum absolute atomic E-state index is 12.9. The first-order chi connectivity index (χ1) is 12.8. The van der Waals surface area contributed by atoms with E-state index in [1.165, 1.54) is 24.3 Å². The van der Waals surface area contributed by atoms with Crippen molar-refractivity contribution in [2.75, 3.05) is 18.1 Å². The van der Waals surface area contributed by atoms with Gasteiger partial charge in [-0.25, -0.2) is 4.39 Å². The molecule has 2 aromatic carbocycles. The van der Waals surface area contributed by atoms with Crippen LogP contribution in [-0.4, -0.2) is 30.8 Å². The van der Waals surface area contributed by atoms with E-state index in [2.05, 4.69) is 0 Å². The summed E-state index contributed by atoms with van der Waals surface area (Å²) < 4.78 is 18.0. The molecule has 1 aliphatic heterocycles. The van der Waals surface area contributed by atoms with E-state index in [0.29, 0.717) is 0 Å². The first-order valence-electron chi connectivity index (χ1n) is 8.68. The van der Waals surface area contributed by atoms with Crippen molar-refractivity contribution >= 4 is 23.3 Å². The number of ether oxygens (including phenoxy) is 1. The summed E-state index contributed by atoms with van der Waals surface area (Å²) in [7, 11) is 0. The van der Waals surface area contributed by atoms with Gasteiger partial charge in [-0.05, 0) is 61.4 Å². The van der Waals surface area contributed by atoms with E-state index in [9.17, 15) is 18.8 Å². The molecule has 0 bridgehead atoms. The van der Waals surface area contributed by atoms with Crippen molar-refractivity contribution < 1.29 is 23.5 Å². The van der Waals surface area contributed by atoms with Crippen LogP contribution in [0.2, 0.25) is 0 Å². The molecule has 2 aromatic rings. The summed E-state index contributed by atoms with van der Waals surface area (Å²) in [6.07, 6.45) is 0.0521. The van der Waals surface area contributed by atoms with Gasteiger partial charge in [0, 0.05) is 24.2 Å². The summed E-state index contributed by atoms with van der Waals surface area (Å²) in [4.78, 5) is 38.1. The molecule has 1 aliphatic rings. The third kappa shape index (κ3) is 4.22. The Kier molecular flexibility index (Phi) is 5.35. The van der Waals surface area contributed by atoms with E-state index >= 15 is 0 Å². The number of benzene rings is 2. The monoisotopic (exact) mass is 369 g/mol. The van der Waals surface area contributed by atoms with Gasteiger partial charge < -0.3 is 9.64 Å². The second kappa shape index (κ2) is 7.70. The fourth-order valence-corrected chi connectivity index (χ4v) is 2.98. The number of rotatable bonds is 5. The smallest absolute Gasteiger partial charge is 0.311 e. The summed E-state index contributed by atoms with van der Waals surface area (Å²) in [6.45, 7) is 3.75. The Bertz CT molecular complexity index is 892. The van der Waals surface area contributed by atoms with Crippen LogP contribution in [0.4, 0.5) is 10.1 Å². The summed E-state index contributed by atoms with van der Waals surface area (Å²) in [5.74, 6) is -2.20. The molecule has 0 aromatic heterocycles. The van der Waals surface area contributed by atoms with Crippen LogP contribution in [-0.2, 0) is 14.3 Å². The molecule has 1 saturated heterocycles. The number of esters is 1. The van der Waals surface area contributed by atoms with Gasteiger partial charge in [-0.3, -0.25) is 14.4 Å². The van der Waals surface area contributed by atoms with Crippen molar-refractivity contribution in [3.8, 4) is 0 Å². The minimum absolute atomic E-state index is 0.0521. The van der Waals surface area contributed by atoms with Gasteiger partial charge in [-0.15, -0.1) is 0 Å². The lowest BCUT2D eigenvalue weighted by atomic mass is 10.1. The summed E-state index contributed by atoms with van der Waals surface area (Å²) >= 11 is 0. The normalized spacial score (nSPS) is 16.5. The van der Waals surface area contributed by atoms with Crippen molar-refractivity contribution in [1.82, 2.24) is 0 Å². The van der Waals surface area contributed by atoms with E-state index < -0.39 is 30.1 Å². The molecule has 0 radical (unpaired) electrons. The first-order valence-corrected chi connectivity index (χ1v) is 8.68. The molecule has 0 aliphatic carbocycles. The van der Waals surface area contributed by atoms with Crippen LogP contribution in [0.15, 0.2) is 42.5 Å². The van der Waals surface area contributed by atoms with E-state index in [1.54, 1.807) is 4.90 Å². The molecule has 6 heteroatoms. The molecule has 1 heterocycles. The number of halogens is 1. The molecule has 1 fully saturated rings. The highest BCUT2D eigenvalue weighted by molar-refractivity contribution is 6.01. The van der Waals surface area contributed by atoms with Crippen LogP contribution in [0.1, 0.15) is 27.9 Å². The van der Waals surface area contributed by atoms with Crippen molar-refractivity contribution in [3.63, 3.8) is 0 Å². The number of carbonyl (C=O) groups excluding carboxylic acids is 3. The molecule has 1 atom stereocenters. The minimum Gasteiger partial charge on any atom is -0.457 e. The van der Waals surface area contributed by atoms with Crippen molar-refractivity contribution in [3.05, 3.63) is 65.0 Å². The molecule has 0 spiro atoms. The van der Waals surface area contributed by atoms with Gasteiger partial charge in [-0.2, -0.15) is 0 Å². The zero-order valence-electron chi connectivity index (χ0n) is 15.2. The van der Waals surface area contributed by atoms with E-state index in [1.807, 2.05) is 32.0 Å². The number of amides is 1. The molecule has 5 nitrogen and oxygen atoms in total. The maximum Gasteiger partial charge on any atom is 0.311 e. The van der Waals surface area contributed by atoms with Gasteiger partial charge in [0.1, 0.15) is 5.82 Å². The lowest BCUT2D eigenvalue weighted by molar-refractivity contribution is -0.147. The van der Waals surface area contributed by atoms with E-state index in [-0.39, 0.29) is 24.4 Å². The highest BCUT2D eigenvalue weighted by atomic mass is 19.1. The highest BCUT2D eigenvalue weighted by Crippen LogP contribution is 2.27. The number of aryl methyl sites for hydroxylation is 2. The van der Waals surface area contributed by atoms with Crippen LogP contribution in [0, 0.1) is 25.6 Å². The lowest BCUT2D eigenvalue weighted by Crippen LogP contribution is -2.27. The van der Waals surface area contributed by atoms with Crippen LogP contribution >= 0.6 is 0 Å². The van der Waals surface area contributed by atoms with E-state index in [4.69, 9.17) is 4.74 Å². The van der Waals surface area contributed by atoms with Crippen molar-refractivity contribution in [1.29, 1.82) is 0 Å². The predicted molar refractivity (Wildman–Crippen MR) is 98.1 cm³/mol. The second-order valence-corrected chi connectivity index (χ2v) is 6.71. The van der Waals surface area contributed by atoms with Crippen molar-refractivity contribution in [2.24, 2.45) is 5.92 Å². The largest absolute Gasteiger partial charge is 0.457 e. The zero-order valence-corrected chi connectivity index (χ0v) is 15.2. The Balaban J connectivity index is 1.59. The summed E-state index contributed by atoms with van der Waals surface area (Å²) in [6, 6.07) is 10.7. The van der Waals surface area contributed by atoms with Gasteiger partial charge in [0.05, 0.1) is 5.92 Å². The molecule has 3 rings (SSSR count). The first kappa shape index (κ1) is 18.8. The van der Waals surface area contributed by atoms with Crippen LogP contribution in [0.5, 0.6) is 0 Å². The van der Waals surface area contributed by atoms with Crippen LogP contribution < -0.4 is 4.90 Å². The van der Waals surface area contributed by atoms with Gasteiger partial charge in [0.2, 0.25) is 5.91 Å². The standard InChI is InChI=1S/C21H20FNO4/c1-13-3-8-18(9-14(13)2)23-11-16(10-20(23)25)21(26)27-12-19(24)15-4-6-17(22)7-5-15/h3-9,16H,10-12H2,1-2H3/t16-/m1/s1. The predicted octanol–water partition coefficient (Wildman–Crippen LogP) is 3.22. The lowest BCUT2D eigenvalue weighted by Gasteiger charge is -2.17. The Labute approximate surface area is 156 Å². The number of carbonyl (C=O) groups is 3. The molecule has 0 saturated carbocycles. The molecule has 0 N–H and O–H groups in total. The molecule has 140 valence electrons. The quantitative estimate of drug-likeness (QED) is 0.600. The number of ketones is 1. The zero-order chi connectivity index (χ0) is 19.6. The average molecular weight is 369 g/mol. The molecular formula is C21H20FNO4. The van der Waals surface area contributed by atoms with Crippen molar-refractivity contribution in [2.45, 2.75) is 20.3 Å². The Hall–Kier alpha value is -3.02. The van der Waals surface area contributed by atoms with E-state index in [0.717, 1.165) is 16.8 Å². The third-order valence-electron chi connectivity index (χ3n) is 4.77. The molecule has 27 heavy (non-hydrogen) atoms. The second-order valence-electron chi connectivity index (χ2n) is 6.71. The maximum atomic E-state index is 12.9. The molecule has 1 amide bonds. The number of Topliss-reactive ketones (excluding diaryl/α,β-unsaturated/α-hetero) is 1. The SMILES string of the molecule is Cc1ccc(N2C[C@H](C(=O)OCC(=O)c3ccc(F)cc3)CC2=O)cc1C. The summed E-state index contributed by atoms with van der Waals surface area (Å²) in [5, 5.41) is 0. The third-order valence-corrected chi connectivity index (χ3v) is 4.77. The topological polar surface area (TPSA) is 63.7 Å². The Morgan fingerprint density at radius 1 is 1.11 bits per heavy atom. The Morgan fingerprint density at radius 3 is 2.48 bits per heavy atom. The summed E-state index contributed by atoms with van der Waals surface area (Å²) in [5.41, 5.74) is 3.21. The number of anilines is 1. The van der Waals surface area contributed by atoms with Crippen LogP contribution in [0.3, 0.4) is 0 Å². The number of nitrogens with zero attached hydrogens (tertiary/aromatic N) is 1. The van der Waals surface area contributed by atoms with Gasteiger partial charge >= 0.3 is 5.97 Å². The fourth-order valence-electron chi connectivity index (χ4n) is 2.98. The highest BCUT2D eigenvalue weighted by Gasteiger charge is 2.36. The number of hydrogen-bond acceptors (Lipinski definition) is 4. The van der Waals surface area contributed by atoms with Gasteiger partial charge in [0.15, 0.2) is 12.4 Å². The molecular weight excluding hydrogens is 349 g/mol. The number of hydrogen-bond donors (Lipinski definition) is 0. The average Bonchev–Trinajstić information content (AvgIpc) is 3.04. The minimum atomic E-state index is -0.611. The van der Waals surface area contributed by atoms with Gasteiger partial charge in [0.25, 0.3) is 0 Å². The van der Waals surface area contributed by atoms with Gasteiger partial charge in [-0.1, -0.05) is 6.07 Å². The fraction of sp³-hybridized carbons (Fsp3) is 0.286. The Morgan fingerprint density at radius 2 is 1.81 bits per heavy atom. The molecule has 0 unspecified atom stereocenters.